The molecule has 0 aliphatic heterocycles. The summed E-state index contributed by atoms with van der Waals surface area (Å²) >= 11 is 11.1. The van der Waals surface area contributed by atoms with Crippen molar-refractivity contribution in [2.75, 3.05) is 0 Å². The van der Waals surface area contributed by atoms with Gasteiger partial charge >= 0.3 is 0 Å². The molecule has 0 saturated carbocycles. The van der Waals surface area contributed by atoms with E-state index in [9.17, 15) is 4.79 Å². The molecule has 0 aliphatic rings. The minimum Gasteiger partial charge on any atom is -0.342 e. The van der Waals surface area contributed by atoms with Crippen LogP contribution in [-0.4, -0.2) is 25.7 Å². The molecule has 0 amide bonds. The van der Waals surface area contributed by atoms with Crippen LogP contribution in [0.1, 0.15) is 16.8 Å². The number of fused-ring (bicyclic) bond motifs is 1. The van der Waals surface area contributed by atoms with E-state index in [-0.39, 0.29) is 10.3 Å². The normalized spacial score (nSPS) is 11.5. The van der Waals surface area contributed by atoms with Crippen LogP contribution >= 0.6 is 23.8 Å². The van der Waals surface area contributed by atoms with E-state index in [1.807, 2.05) is 48.7 Å². The lowest BCUT2D eigenvalue weighted by Gasteiger charge is -2.05. The van der Waals surface area contributed by atoms with Gasteiger partial charge in [-0.15, -0.1) is 0 Å². The van der Waals surface area contributed by atoms with Crippen LogP contribution in [0.2, 0.25) is 5.02 Å². The first-order valence-electron chi connectivity index (χ1n) is 8.58. The SMILES string of the molecule is Cc1n[nH]c(=S)n(/N=C\c2cn(Cc3ccc(Cl)cc3)c3ccccc23)c1=O. The minimum atomic E-state index is -0.343. The van der Waals surface area contributed by atoms with Gasteiger partial charge in [-0.1, -0.05) is 41.9 Å². The fraction of sp³-hybridized carbons (Fsp3) is 0.100. The Labute approximate surface area is 170 Å². The van der Waals surface area contributed by atoms with E-state index >= 15 is 0 Å². The van der Waals surface area contributed by atoms with Crippen LogP contribution in [0.25, 0.3) is 10.9 Å². The molecular formula is C20H16ClN5OS. The van der Waals surface area contributed by atoms with Gasteiger partial charge in [0, 0.05) is 34.2 Å². The van der Waals surface area contributed by atoms with Crippen LogP contribution in [0.5, 0.6) is 0 Å². The van der Waals surface area contributed by atoms with Crippen molar-refractivity contribution >= 4 is 40.9 Å². The largest absolute Gasteiger partial charge is 0.342 e. The maximum Gasteiger partial charge on any atom is 0.296 e. The highest BCUT2D eigenvalue weighted by Gasteiger charge is 2.08. The van der Waals surface area contributed by atoms with Crippen molar-refractivity contribution in [3.8, 4) is 0 Å². The third-order valence-corrected chi connectivity index (χ3v) is 4.93. The first-order valence-corrected chi connectivity index (χ1v) is 9.36. The Bertz CT molecular complexity index is 1300. The predicted octanol–water partition coefficient (Wildman–Crippen LogP) is 4.15. The van der Waals surface area contributed by atoms with Crippen molar-refractivity contribution in [2.45, 2.75) is 13.5 Å². The Morgan fingerprint density at radius 3 is 2.75 bits per heavy atom. The number of rotatable bonds is 4. The number of hydrogen-bond donors (Lipinski definition) is 1. The van der Waals surface area contributed by atoms with Gasteiger partial charge in [-0.25, -0.2) is 0 Å². The molecule has 0 unspecified atom stereocenters. The Morgan fingerprint density at radius 2 is 1.96 bits per heavy atom. The molecule has 1 N–H and O–H groups in total. The minimum absolute atomic E-state index is 0.150. The number of nitrogens with zero attached hydrogens (tertiary/aromatic N) is 4. The third kappa shape index (κ3) is 3.54. The van der Waals surface area contributed by atoms with Crippen molar-refractivity contribution in [2.24, 2.45) is 5.10 Å². The molecule has 8 heteroatoms. The molecule has 6 nitrogen and oxygen atoms in total. The summed E-state index contributed by atoms with van der Waals surface area (Å²) in [4.78, 5) is 12.2. The zero-order valence-corrected chi connectivity index (χ0v) is 16.5. The van der Waals surface area contributed by atoms with Crippen molar-refractivity contribution < 1.29 is 0 Å². The number of benzene rings is 2. The maximum atomic E-state index is 12.2. The molecule has 28 heavy (non-hydrogen) atoms. The molecular weight excluding hydrogens is 394 g/mol. The lowest BCUT2D eigenvalue weighted by Crippen LogP contribution is -2.22. The van der Waals surface area contributed by atoms with Gasteiger partial charge in [0.2, 0.25) is 4.77 Å². The highest BCUT2D eigenvalue weighted by atomic mass is 35.5. The molecule has 2 aromatic heterocycles. The summed E-state index contributed by atoms with van der Waals surface area (Å²) in [7, 11) is 0. The Morgan fingerprint density at radius 1 is 1.21 bits per heavy atom. The number of aromatic nitrogens is 4. The molecule has 0 aliphatic carbocycles. The van der Waals surface area contributed by atoms with E-state index in [0.717, 1.165) is 26.7 Å². The molecule has 0 saturated heterocycles. The summed E-state index contributed by atoms with van der Waals surface area (Å²) < 4.78 is 3.43. The highest BCUT2D eigenvalue weighted by molar-refractivity contribution is 7.71. The van der Waals surface area contributed by atoms with Crippen molar-refractivity contribution in [1.29, 1.82) is 0 Å². The smallest absolute Gasteiger partial charge is 0.296 e. The first kappa shape index (κ1) is 18.3. The fourth-order valence-electron chi connectivity index (χ4n) is 2.99. The number of nitrogens with one attached hydrogen (secondary N) is 1. The summed E-state index contributed by atoms with van der Waals surface area (Å²) in [6, 6.07) is 15.8. The lowest BCUT2D eigenvalue weighted by atomic mass is 10.2. The van der Waals surface area contributed by atoms with Crippen LogP contribution in [0, 0.1) is 11.7 Å². The molecule has 0 radical (unpaired) electrons. The van der Waals surface area contributed by atoms with Crippen molar-refractivity contribution in [1.82, 2.24) is 19.4 Å². The standard InChI is InChI=1S/C20H16ClN5OS/c1-13-19(27)26(20(28)24-23-13)22-10-15-12-25(18-5-3-2-4-17(15)18)11-14-6-8-16(21)9-7-14/h2-10,12H,11H2,1H3,(H,24,28)/b22-10-. The monoisotopic (exact) mass is 409 g/mol. The molecule has 0 atom stereocenters. The number of H-pyrrole nitrogens is 1. The van der Waals surface area contributed by atoms with Gasteiger partial charge in [-0.05, 0) is 42.9 Å². The fourth-order valence-corrected chi connectivity index (χ4v) is 3.29. The maximum absolute atomic E-state index is 12.2. The summed E-state index contributed by atoms with van der Waals surface area (Å²) in [5.74, 6) is 0. The van der Waals surface area contributed by atoms with Gasteiger partial charge in [-0.2, -0.15) is 14.9 Å². The van der Waals surface area contributed by atoms with Crippen LogP contribution in [-0.2, 0) is 6.54 Å². The van der Waals surface area contributed by atoms with Gasteiger partial charge < -0.3 is 4.57 Å². The molecule has 2 aromatic carbocycles. The van der Waals surface area contributed by atoms with Gasteiger partial charge in [-0.3, -0.25) is 9.89 Å². The summed E-state index contributed by atoms with van der Waals surface area (Å²) in [5, 5.41) is 12.5. The number of para-hydroxylation sites is 1. The van der Waals surface area contributed by atoms with Crippen molar-refractivity contribution in [3.63, 3.8) is 0 Å². The zero-order valence-electron chi connectivity index (χ0n) is 15.0. The van der Waals surface area contributed by atoms with E-state index in [1.54, 1.807) is 13.1 Å². The Hall–Kier alpha value is -3.03. The van der Waals surface area contributed by atoms with Crippen LogP contribution in [0.4, 0.5) is 0 Å². The topological polar surface area (TPSA) is 68.0 Å². The van der Waals surface area contributed by atoms with E-state index in [2.05, 4.69) is 25.9 Å². The Kier molecular flexibility index (Phi) is 4.93. The van der Waals surface area contributed by atoms with Gasteiger partial charge in [0.1, 0.15) is 5.69 Å². The second kappa shape index (κ2) is 7.53. The average Bonchev–Trinajstić information content (AvgIpc) is 3.04. The number of halogens is 1. The molecule has 4 aromatic rings. The Balaban J connectivity index is 1.76. The van der Waals surface area contributed by atoms with Gasteiger partial charge in [0.05, 0.1) is 6.21 Å². The van der Waals surface area contributed by atoms with Gasteiger partial charge in [0.15, 0.2) is 0 Å². The predicted molar refractivity (Wildman–Crippen MR) is 114 cm³/mol. The van der Waals surface area contributed by atoms with E-state index < -0.39 is 0 Å². The summed E-state index contributed by atoms with van der Waals surface area (Å²) in [6.45, 7) is 2.30. The van der Waals surface area contributed by atoms with Crippen LogP contribution < -0.4 is 5.56 Å². The lowest BCUT2D eigenvalue weighted by molar-refractivity contribution is 0.720. The molecule has 0 fully saturated rings. The molecule has 0 spiro atoms. The van der Waals surface area contributed by atoms with Crippen LogP contribution in [0.3, 0.4) is 0 Å². The quantitative estimate of drug-likeness (QED) is 0.406. The summed E-state index contributed by atoms with van der Waals surface area (Å²) in [5.41, 5.74) is 3.06. The molecule has 4 rings (SSSR count). The first-order chi connectivity index (χ1) is 13.5. The second-order valence-electron chi connectivity index (χ2n) is 6.33. The molecule has 2 heterocycles. The van der Waals surface area contributed by atoms with Crippen molar-refractivity contribution in [3.05, 3.63) is 91.7 Å². The van der Waals surface area contributed by atoms with E-state index in [0.29, 0.717) is 17.3 Å². The zero-order chi connectivity index (χ0) is 19.7. The number of hydrogen-bond acceptors (Lipinski definition) is 4. The highest BCUT2D eigenvalue weighted by Crippen LogP contribution is 2.22. The third-order valence-electron chi connectivity index (χ3n) is 4.41. The second-order valence-corrected chi connectivity index (χ2v) is 7.15. The van der Waals surface area contributed by atoms with E-state index in [1.165, 1.54) is 0 Å². The average molecular weight is 410 g/mol. The van der Waals surface area contributed by atoms with Crippen LogP contribution in [0.15, 0.2) is 64.6 Å². The molecule has 0 bridgehead atoms. The number of aromatic amines is 1. The molecule has 140 valence electrons. The van der Waals surface area contributed by atoms with Gasteiger partial charge in [0.25, 0.3) is 5.56 Å². The number of aryl methyl sites for hydroxylation is 1. The van der Waals surface area contributed by atoms with E-state index in [4.69, 9.17) is 23.8 Å². The summed E-state index contributed by atoms with van der Waals surface area (Å²) in [6.07, 6.45) is 3.65.